The van der Waals surface area contributed by atoms with E-state index in [-0.39, 0.29) is 12.3 Å². The molecule has 1 aromatic heterocycles. The van der Waals surface area contributed by atoms with Crippen molar-refractivity contribution in [2.45, 2.75) is 25.2 Å². The summed E-state index contributed by atoms with van der Waals surface area (Å²) in [5, 5.41) is 8.80. The molecular weight excluding hydrogens is 220 g/mol. The lowest BCUT2D eigenvalue weighted by Gasteiger charge is -2.10. The van der Waals surface area contributed by atoms with Crippen LogP contribution in [0.4, 0.5) is 0 Å². The SMILES string of the molecule is O=C(O)CC(c1ccc(Cl)s1)C1CC1. The molecular formula is C10H11ClO2S. The van der Waals surface area contributed by atoms with Crippen molar-refractivity contribution in [3.05, 3.63) is 21.3 Å². The first-order chi connectivity index (χ1) is 6.66. The zero-order valence-electron chi connectivity index (χ0n) is 7.57. The van der Waals surface area contributed by atoms with E-state index in [1.54, 1.807) is 0 Å². The van der Waals surface area contributed by atoms with Crippen molar-refractivity contribution in [2.75, 3.05) is 0 Å². The monoisotopic (exact) mass is 230 g/mol. The van der Waals surface area contributed by atoms with Gasteiger partial charge in [0.25, 0.3) is 0 Å². The van der Waals surface area contributed by atoms with E-state index < -0.39 is 5.97 Å². The summed E-state index contributed by atoms with van der Waals surface area (Å²) in [4.78, 5) is 11.8. The maximum Gasteiger partial charge on any atom is 0.304 e. The number of carboxylic acid groups (broad SMARTS) is 1. The van der Waals surface area contributed by atoms with Crippen LogP contribution >= 0.6 is 22.9 Å². The maximum atomic E-state index is 10.7. The summed E-state index contributed by atoms with van der Waals surface area (Å²) in [6, 6.07) is 3.80. The summed E-state index contributed by atoms with van der Waals surface area (Å²) in [5.74, 6) is 0.0391. The number of aliphatic carboxylic acids is 1. The predicted octanol–water partition coefficient (Wildman–Crippen LogP) is 3.37. The molecule has 0 aromatic carbocycles. The van der Waals surface area contributed by atoms with E-state index in [0.29, 0.717) is 5.92 Å². The summed E-state index contributed by atoms with van der Waals surface area (Å²) < 4.78 is 0.746. The highest BCUT2D eigenvalue weighted by Crippen LogP contribution is 2.46. The minimum atomic E-state index is -0.716. The molecule has 1 fully saturated rings. The van der Waals surface area contributed by atoms with E-state index in [9.17, 15) is 4.79 Å². The van der Waals surface area contributed by atoms with Crippen LogP contribution in [0.2, 0.25) is 4.34 Å². The molecule has 0 amide bonds. The van der Waals surface area contributed by atoms with Gasteiger partial charge in [-0.25, -0.2) is 0 Å². The number of hydrogen-bond acceptors (Lipinski definition) is 2. The van der Waals surface area contributed by atoms with Gasteiger partial charge in [-0.05, 0) is 30.9 Å². The zero-order chi connectivity index (χ0) is 10.1. The molecule has 1 aliphatic rings. The standard InChI is InChI=1S/C10H11ClO2S/c11-9-4-3-8(14-9)7(5-10(12)13)6-1-2-6/h3-4,6-7H,1-2,5H2,(H,12,13). The zero-order valence-corrected chi connectivity index (χ0v) is 9.14. The second kappa shape index (κ2) is 3.91. The third-order valence-corrected chi connectivity index (χ3v) is 3.91. The molecule has 1 saturated carbocycles. The van der Waals surface area contributed by atoms with Gasteiger partial charge >= 0.3 is 5.97 Å². The van der Waals surface area contributed by atoms with Gasteiger partial charge in [-0.3, -0.25) is 4.79 Å². The van der Waals surface area contributed by atoms with E-state index >= 15 is 0 Å². The number of hydrogen-bond donors (Lipinski definition) is 1. The van der Waals surface area contributed by atoms with Crippen molar-refractivity contribution in [3.63, 3.8) is 0 Å². The van der Waals surface area contributed by atoms with Crippen molar-refractivity contribution < 1.29 is 9.90 Å². The third kappa shape index (κ3) is 2.28. The number of halogens is 1. The molecule has 1 unspecified atom stereocenters. The van der Waals surface area contributed by atoms with Gasteiger partial charge in [0, 0.05) is 10.8 Å². The van der Waals surface area contributed by atoms with Crippen molar-refractivity contribution in [2.24, 2.45) is 5.92 Å². The van der Waals surface area contributed by atoms with Crippen molar-refractivity contribution in [1.29, 1.82) is 0 Å². The van der Waals surface area contributed by atoms with Crippen LogP contribution in [0.25, 0.3) is 0 Å². The molecule has 2 nitrogen and oxygen atoms in total. The van der Waals surface area contributed by atoms with Crippen molar-refractivity contribution in [1.82, 2.24) is 0 Å². The summed E-state index contributed by atoms with van der Waals surface area (Å²) in [6.45, 7) is 0. The van der Waals surface area contributed by atoms with Crippen LogP contribution in [0.1, 0.15) is 30.1 Å². The number of thiophene rings is 1. The largest absolute Gasteiger partial charge is 0.481 e. The highest BCUT2D eigenvalue weighted by Gasteiger charge is 2.34. The Hall–Kier alpha value is -0.540. The molecule has 1 aliphatic carbocycles. The Morgan fingerprint density at radius 2 is 2.36 bits per heavy atom. The minimum absolute atomic E-state index is 0.185. The Kier molecular flexibility index (Phi) is 2.79. The van der Waals surface area contributed by atoms with Crippen LogP contribution in [0.15, 0.2) is 12.1 Å². The Morgan fingerprint density at radius 3 is 2.79 bits per heavy atom. The van der Waals surface area contributed by atoms with Crippen molar-refractivity contribution in [3.8, 4) is 0 Å². The normalized spacial score (nSPS) is 18.1. The fourth-order valence-corrected chi connectivity index (χ4v) is 2.97. The van der Waals surface area contributed by atoms with Crippen molar-refractivity contribution >= 4 is 28.9 Å². The lowest BCUT2D eigenvalue weighted by Crippen LogP contribution is -2.06. The highest BCUT2D eigenvalue weighted by atomic mass is 35.5. The van der Waals surface area contributed by atoms with Gasteiger partial charge in [0.05, 0.1) is 10.8 Å². The molecule has 1 N–H and O–H groups in total. The van der Waals surface area contributed by atoms with E-state index in [1.807, 2.05) is 12.1 Å². The lowest BCUT2D eigenvalue weighted by molar-refractivity contribution is -0.137. The van der Waals surface area contributed by atoms with E-state index in [0.717, 1.165) is 22.1 Å². The van der Waals surface area contributed by atoms with Gasteiger partial charge in [0.2, 0.25) is 0 Å². The van der Waals surface area contributed by atoms with Gasteiger partial charge in [0.15, 0.2) is 0 Å². The van der Waals surface area contributed by atoms with E-state index in [2.05, 4.69) is 0 Å². The Balaban J connectivity index is 2.13. The molecule has 0 spiro atoms. The van der Waals surface area contributed by atoms with Gasteiger partial charge in [-0.15, -0.1) is 11.3 Å². The fraction of sp³-hybridized carbons (Fsp3) is 0.500. The molecule has 1 heterocycles. The topological polar surface area (TPSA) is 37.3 Å². The summed E-state index contributed by atoms with van der Waals surface area (Å²) in [6.07, 6.45) is 2.56. The molecule has 0 radical (unpaired) electrons. The van der Waals surface area contributed by atoms with Gasteiger partial charge < -0.3 is 5.11 Å². The third-order valence-electron chi connectivity index (χ3n) is 2.55. The van der Waals surface area contributed by atoms with E-state index in [4.69, 9.17) is 16.7 Å². The predicted molar refractivity (Wildman–Crippen MR) is 57.0 cm³/mol. The highest BCUT2D eigenvalue weighted by molar-refractivity contribution is 7.16. The Morgan fingerprint density at radius 1 is 1.64 bits per heavy atom. The Labute approximate surface area is 91.5 Å². The van der Waals surface area contributed by atoms with Gasteiger partial charge in [0.1, 0.15) is 0 Å². The average molecular weight is 231 g/mol. The Bertz CT molecular complexity index is 344. The van der Waals surface area contributed by atoms with Crippen LogP contribution in [-0.4, -0.2) is 11.1 Å². The minimum Gasteiger partial charge on any atom is -0.481 e. The quantitative estimate of drug-likeness (QED) is 0.861. The van der Waals surface area contributed by atoms with Crippen LogP contribution < -0.4 is 0 Å². The molecule has 1 atom stereocenters. The number of carboxylic acids is 1. The second-order valence-electron chi connectivity index (χ2n) is 3.68. The maximum absolute atomic E-state index is 10.7. The molecule has 1 aromatic rings. The molecule has 76 valence electrons. The van der Waals surface area contributed by atoms with Crippen LogP contribution in [0, 0.1) is 5.92 Å². The number of rotatable bonds is 4. The molecule has 14 heavy (non-hydrogen) atoms. The summed E-state index contributed by atoms with van der Waals surface area (Å²) in [5.41, 5.74) is 0. The molecule has 2 rings (SSSR count). The molecule has 0 bridgehead atoms. The summed E-state index contributed by atoms with van der Waals surface area (Å²) in [7, 11) is 0. The first-order valence-electron chi connectivity index (χ1n) is 4.64. The fourth-order valence-electron chi connectivity index (χ4n) is 1.71. The van der Waals surface area contributed by atoms with Gasteiger partial charge in [-0.1, -0.05) is 11.6 Å². The number of carbonyl (C=O) groups is 1. The van der Waals surface area contributed by atoms with Crippen LogP contribution in [0.3, 0.4) is 0 Å². The summed E-state index contributed by atoms with van der Waals surface area (Å²) >= 11 is 7.35. The average Bonchev–Trinajstić information content (AvgIpc) is 2.85. The van der Waals surface area contributed by atoms with Crippen LogP contribution in [-0.2, 0) is 4.79 Å². The van der Waals surface area contributed by atoms with E-state index in [1.165, 1.54) is 11.3 Å². The van der Waals surface area contributed by atoms with Gasteiger partial charge in [-0.2, -0.15) is 0 Å². The lowest BCUT2D eigenvalue weighted by atomic mass is 9.98. The molecule has 4 heteroatoms. The molecule has 0 aliphatic heterocycles. The second-order valence-corrected chi connectivity index (χ2v) is 5.43. The molecule has 0 saturated heterocycles. The van der Waals surface area contributed by atoms with Crippen LogP contribution in [0.5, 0.6) is 0 Å². The smallest absolute Gasteiger partial charge is 0.304 e. The first kappa shape index (κ1) is 9.99. The first-order valence-corrected chi connectivity index (χ1v) is 5.83.